The number of esters is 1. The maximum absolute atomic E-state index is 12.0. The van der Waals surface area contributed by atoms with Crippen LogP contribution in [0.3, 0.4) is 0 Å². The minimum Gasteiger partial charge on any atom is -0.452 e. The van der Waals surface area contributed by atoms with Gasteiger partial charge in [-0.2, -0.15) is 0 Å². The van der Waals surface area contributed by atoms with Gasteiger partial charge in [0.15, 0.2) is 6.61 Å². The van der Waals surface area contributed by atoms with Gasteiger partial charge in [0, 0.05) is 11.8 Å². The Morgan fingerprint density at radius 3 is 2.48 bits per heavy atom. The molecule has 0 saturated heterocycles. The van der Waals surface area contributed by atoms with Crippen molar-refractivity contribution in [2.45, 2.75) is 26.2 Å². The van der Waals surface area contributed by atoms with E-state index in [1.54, 1.807) is 6.08 Å². The van der Waals surface area contributed by atoms with E-state index >= 15 is 0 Å². The van der Waals surface area contributed by atoms with Gasteiger partial charge in [-0.3, -0.25) is 4.79 Å². The van der Waals surface area contributed by atoms with Gasteiger partial charge in [-0.05, 0) is 35.6 Å². The van der Waals surface area contributed by atoms with Gasteiger partial charge in [0.05, 0.1) is 0 Å². The number of carbonyl (C=O) groups is 2. The zero-order chi connectivity index (χ0) is 18.1. The van der Waals surface area contributed by atoms with Crippen molar-refractivity contribution in [2.75, 3.05) is 11.9 Å². The SMILES string of the molecule is CC[C@H](C)c1ccccc1NC(=O)COC(=O)/C=C/c1ccccc1. The second-order valence-electron chi connectivity index (χ2n) is 5.80. The average Bonchev–Trinajstić information content (AvgIpc) is 2.65. The molecule has 0 unspecified atom stereocenters. The molecule has 2 rings (SSSR count). The molecule has 130 valence electrons. The molecule has 4 heteroatoms. The van der Waals surface area contributed by atoms with Gasteiger partial charge in [-0.1, -0.05) is 62.4 Å². The van der Waals surface area contributed by atoms with Crippen LogP contribution in [0.5, 0.6) is 0 Å². The fourth-order valence-corrected chi connectivity index (χ4v) is 2.36. The number of amides is 1. The van der Waals surface area contributed by atoms with Crippen molar-refractivity contribution >= 4 is 23.6 Å². The maximum Gasteiger partial charge on any atom is 0.331 e. The highest BCUT2D eigenvalue weighted by molar-refractivity contribution is 5.95. The largest absolute Gasteiger partial charge is 0.452 e. The molecule has 0 fully saturated rings. The number of hydrogen-bond acceptors (Lipinski definition) is 3. The molecule has 0 aromatic heterocycles. The number of ether oxygens (including phenoxy) is 1. The van der Waals surface area contributed by atoms with Crippen molar-refractivity contribution < 1.29 is 14.3 Å². The van der Waals surface area contributed by atoms with Gasteiger partial charge in [0.1, 0.15) is 0 Å². The Morgan fingerprint density at radius 1 is 1.08 bits per heavy atom. The van der Waals surface area contributed by atoms with Crippen molar-refractivity contribution in [1.82, 2.24) is 0 Å². The van der Waals surface area contributed by atoms with Crippen LogP contribution in [-0.2, 0) is 14.3 Å². The molecule has 0 heterocycles. The summed E-state index contributed by atoms with van der Waals surface area (Å²) < 4.78 is 4.99. The van der Waals surface area contributed by atoms with Crippen LogP contribution in [0, 0.1) is 0 Å². The van der Waals surface area contributed by atoms with Gasteiger partial charge in [0.25, 0.3) is 5.91 Å². The summed E-state index contributed by atoms with van der Waals surface area (Å²) in [7, 11) is 0. The van der Waals surface area contributed by atoms with Crippen molar-refractivity contribution in [3.8, 4) is 0 Å². The normalized spacial score (nSPS) is 11.9. The Kier molecular flexibility index (Phi) is 6.96. The monoisotopic (exact) mass is 337 g/mol. The molecule has 0 aliphatic carbocycles. The van der Waals surface area contributed by atoms with E-state index in [-0.39, 0.29) is 12.5 Å². The Bertz CT molecular complexity index is 738. The summed E-state index contributed by atoms with van der Waals surface area (Å²) >= 11 is 0. The summed E-state index contributed by atoms with van der Waals surface area (Å²) in [5.74, 6) is -0.556. The maximum atomic E-state index is 12.0. The highest BCUT2D eigenvalue weighted by atomic mass is 16.5. The lowest BCUT2D eigenvalue weighted by Gasteiger charge is -2.15. The predicted octanol–water partition coefficient (Wildman–Crippen LogP) is 4.40. The molecule has 2 aromatic carbocycles. The molecule has 2 aromatic rings. The third-order valence-corrected chi connectivity index (χ3v) is 3.94. The van der Waals surface area contributed by atoms with Crippen molar-refractivity contribution in [3.05, 3.63) is 71.8 Å². The Morgan fingerprint density at radius 2 is 1.76 bits per heavy atom. The second-order valence-corrected chi connectivity index (χ2v) is 5.80. The Hall–Kier alpha value is -2.88. The highest BCUT2D eigenvalue weighted by Crippen LogP contribution is 2.26. The molecule has 1 amide bonds. The first-order chi connectivity index (χ1) is 12.1. The number of carbonyl (C=O) groups excluding carboxylic acids is 2. The lowest BCUT2D eigenvalue weighted by molar-refractivity contribution is -0.142. The molecule has 4 nitrogen and oxygen atoms in total. The van der Waals surface area contributed by atoms with Gasteiger partial charge in [-0.15, -0.1) is 0 Å². The van der Waals surface area contributed by atoms with E-state index in [0.29, 0.717) is 5.92 Å². The van der Waals surface area contributed by atoms with E-state index in [1.807, 2.05) is 54.6 Å². The molecule has 0 radical (unpaired) electrons. The number of rotatable bonds is 7. The van der Waals surface area contributed by atoms with E-state index in [2.05, 4.69) is 19.2 Å². The molecular formula is C21H23NO3. The molecule has 0 bridgehead atoms. The predicted molar refractivity (Wildman–Crippen MR) is 100 cm³/mol. The summed E-state index contributed by atoms with van der Waals surface area (Å²) in [4.78, 5) is 23.7. The fourth-order valence-electron chi connectivity index (χ4n) is 2.36. The van der Waals surface area contributed by atoms with E-state index in [4.69, 9.17) is 4.74 Å². The molecule has 1 N–H and O–H groups in total. The van der Waals surface area contributed by atoms with Gasteiger partial charge >= 0.3 is 5.97 Å². The smallest absolute Gasteiger partial charge is 0.331 e. The van der Waals surface area contributed by atoms with Crippen LogP contribution in [0.25, 0.3) is 6.08 Å². The molecule has 0 aliphatic rings. The first-order valence-electron chi connectivity index (χ1n) is 8.38. The van der Waals surface area contributed by atoms with Crippen molar-refractivity contribution in [2.24, 2.45) is 0 Å². The van der Waals surface area contributed by atoms with Gasteiger partial charge in [-0.25, -0.2) is 4.79 Å². The number of nitrogens with one attached hydrogen (secondary N) is 1. The molecular weight excluding hydrogens is 314 g/mol. The van der Waals surface area contributed by atoms with Gasteiger partial charge < -0.3 is 10.1 Å². The van der Waals surface area contributed by atoms with E-state index in [9.17, 15) is 9.59 Å². The summed E-state index contributed by atoms with van der Waals surface area (Å²) in [6.07, 6.45) is 3.94. The zero-order valence-corrected chi connectivity index (χ0v) is 14.6. The lowest BCUT2D eigenvalue weighted by atomic mass is 9.97. The van der Waals surface area contributed by atoms with Crippen LogP contribution in [0.4, 0.5) is 5.69 Å². The van der Waals surface area contributed by atoms with Crippen LogP contribution < -0.4 is 5.32 Å². The van der Waals surface area contributed by atoms with Crippen molar-refractivity contribution in [1.29, 1.82) is 0 Å². The van der Waals surface area contributed by atoms with E-state index in [1.165, 1.54) is 6.08 Å². The van der Waals surface area contributed by atoms with Gasteiger partial charge in [0.2, 0.25) is 0 Å². The minimum absolute atomic E-state index is 0.313. The highest BCUT2D eigenvalue weighted by Gasteiger charge is 2.11. The quantitative estimate of drug-likeness (QED) is 0.602. The molecule has 25 heavy (non-hydrogen) atoms. The zero-order valence-electron chi connectivity index (χ0n) is 14.6. The summed E-state index contributed by atoms with van der Waals surface area (Å²) in [6.45, 7) is 3.90. The summed E-state index contributed by atoms with van der Waals surface area (Å²) in [5, 5.41) is 2.81. The number of para-hydroxylation sites is 1. The number of hydrogen-bond donors (Lipinski definition) is 1. The summed E-state index contributed by atoms with van der Waals surface area (Å²) in [6, 6.07) is 17.1. The van der Waals surface area contributed by atoms with Crippen LogP contribution in [0.15, 0.2) is 60.7 Å². The number of benzene rings is 2. The third-order valence-electron chi connectivity index (χ3n) is 3.94. The minimum atomic E-state index is -0.547. The standard InChI is InChI=1S/C21H23NO3/c1-3-16(2)18-11-7-8-12-19(18)22-20(23)15-25-21(24)14-13-17-9-5-4-6-10-17/h4-14,16H,3,15H2,1-2H3,(H,22,23)/b14-13+/t16-/m0/s1. The number of anilines is 1. The Balaban J connectivity index is 1.87. The fraction of sp³-hybridized carbons (Fsp3) is 0.238. The van der Waals surface area contributed by atoms with Crippen molar-refractivity contribution in [3.63, 3.8) is 0 Å². The summed E-state index contributed by atoms with van der Waals surface area (Å²) in [5.41, 5.74) is 2.73. The van der Waals surface area contributed by atoms with Crippen LogP contribution >= 0.6 is 0 Å². The molecule has 0 spiro atoms. The first-order valence-corrected chi connectivity index (χ1v) is 8.38. The van der Waals surface area contributed by atoms with Crippen LogP contribution in [0.1, 0.15) is 37.3 Å². The second kappa shape index (κ2) is 9.42. The molecule has 1 atom stereocenters. The van der Waals surface area contributed by atoms with E-state index in [0.717, 1.165) is 23.2 Å². The third kappa shape index (κ3) is 5.92. The first kappa shape index (κ1) is 18.5. The Labute approximate surface area is 148 Å². The topological polar surface area (TPSA) is 55.4 Å². The lowest BCUT2D eigenvalue weighted by Crippen LogP contribution is -2.21. The van der Waals surface area contributed by atoms with Crippen LogP contribution in [0.2, 0.25) is 0 Å². The average molecular weight is 337 g/mol. The van der Waals surface area contributed by atoms with E-state index < -0.39 is 5.97 Å². The van der Waals surface area contributed by atoms with Crippen LogP contribution in [-0.4, -0.2) is 18.5 Å². The molecule has 0 saturated carbocycles. The molecule has 0 aliphatic heterocycles.